The second-order valence-corrected chi connectivity index (χ2v) is 6.15. The summed E-state index contributed by atoms with van der Waals surface area (Å²) in [5, 5.41) is 0. The number of nitrogens with zero attached hydrogens (tertiary/aromatic N) is 1. The molecule has 4 rings (SSSR count). The third-order valence-corrected chi connectivity index (χ3v) is 5.21. The van der Waals surface area contributed by atoms with E-state index in [9.17, 15) is 4.79 Å². The Morgan fingerprint density at radius 2 is 2.06 bits per heavy atom. The first kappa shape index (κ1) is 10.6. The van der Waals surface area contributed by atoms with Crippen LogP contribution >= 0.6 is 0 Å². The van der Waals surface area contributed by atoms with Gasteiger partial charge in [0.2, 0.25) is 5.91 Å². The lowest BCUT2D eigenvalue weighted by molar-refractivity contribution is -0.123. The molecular formula is C16H19NO. The van der Waals surface area contributed by atoms with Crippen LogP contribution in [0.15, 0.2) is 24.3 Å². The first-order chi connectivity index (χ1) is 8.83. The average molecular weight is 241 g/mol. The van der Waals surface area contributed by atoms with Gasteiger partial charge in [-0.05, 0) is 49.1 Å². The molecule has 2 heteroatoms. The zero-order valence-corrected chi connectivity index (χ0v) is 10.6. The highest BCUT2D eigenvalue weighted by Crippen LogP contribution is 2.49. The maximum Gasteiger partial charge on any atom is 0.230 e. The molecule has 2 bridgehead atoms. The molecule has 94 valence electrons. The number of anilines is 1. The first-order valence-corrected chi connectivity index (χ1v) is 7.22. The van der Waals surface area contributed by atoms with E-state index in [0.29, 0.717) is 17.7 Å². The smallest absolute Gasteiger partial charge is 0.230 e. The van der Waals surface area contributed by atoms with E-state index in [1.54, 1.807) is 0 Å². The lowest BCUT2D eigenvalue weighted by atomic mass is 9.88. The average Bonchev–Trinajstić information content (AvgIpc) is 3.12. The van der Waals surface area contributed by atoms with Crippen LogP contribution in [0.25, 0.3) is 0 Å². The number of amides is 1. The number of hydrogen-bond acceptors (Lipinski definition) is 1. The SMILES string of the molecule is O=C(C1CC2CCC1C2)N1CCc2ccccc21. The Balaban J connectivity index is 1.60. The van der Waals surface area contributed by atoms with E-state index in [4.69, 9.17) is 0 Å². The second-order valence-electron chi connectivity index (χ2n) is 6.15. The summed E-state index contributed by atoms with van der Waals surface area (Å²) in [4.78, 5) is 14.8. The van der Waals surface area contributed by atoms with Gasteiger partial charge in [-0.1, -0.05) is 24.6 Å². The van der Waals surface area contributed by atoms with Gasteiger partial charge in [0.1, 0.15) is 0 Å². The van der Waals surface area contributed by atoms with Gasteiger partial charge in [-0.15, -0.1) is 0 Å². The normalized spacial score (nSPS) is 32.9. The van der Waals surface area contributed by atoms with Crippen LogP contribution in [0.1, 0.15) is 31.2 Å². The molecule has 2 aliphatic carbocycles. The minimum atomic E-state index is 0.329. The van der Waals surface area contributed by atoms with Gasteiger partial charge in [0, 0.05) is 18.2 Å². The number of benzene rings is 1. The van der Waals surface area contributed by atoms with Crippen molar-refractivity contribution in [1.82, 2.24) is 0 Å². The third kappa shape index (κ3) is 1.44. The number of carbonyl (C=O) groups is 1. The molecule has 2 saturated carbocycles. The van der Waals surface area contributed by atoms with Crippen molar-refractivity contribution in [3.05, 3.63) is 29.8 Å². The summed E-state index contributed by atoms with van der Waals surface area (Å²) in [6.07, 6.45) is 6.15. The zero-order chi connectivity index (χ0) is 12.1. The fourth-order valence-electron chi connectivity index (χ4n) is 4.31. The Kier molecular flexibility index (Phi) is 2.26. The summed E-state index contributed by atoms with van der Waals surface area (Å²) in [5.41, 5.74) is 2.51. The summed E-state index contributed by atoms with van der Waals surface area (Å²) >= 11 is 0. The van der Waals surface area contributed by atoms with Crippen molar-refractivity contribution >= 4 is 11.6 Å². The van der Waals surface area contributed by atoms with E-state index < -0.39 is 0 Å². The maximum atomic E-state index is 12.7. The van der Waals surface area contributed by atoms with Gasteiger partial charge in [-0.25, -0.2) is 0 Å². The third-order valence-electron chi connectivity index (χ3n) is 5.21. The molecule has 3 unspecified atom stereocenters. The van der Waals surface area contributed by atoms with E-state index in [2.05, 4.69) is 23.1 Å². The van der Waals surface area contributed by atoms with Crippen molar-refractivity contribution in [1.29, 1.82) is 0 Å². The number of fused-ring (bicyclic) bond motifs is 3. The number of carbonyl (C=O) groups excluding carboxylic acids is 1. The van der Waals surface area contributed by atoms with Crippen LogP contribution in [-0.2, 0) is 11.2 Å². The zero-order valence-electron chi connectivity index (χ0n) is 10.6. The molecule has 1 amide bonds. The van der Waals surface area contributed by atoms with Gasteiger partial charge >= 0.3 is 0 Å². The van der Waals surface area contributed by atoms with Crippen molar-refractivity contribution < 1.29 is 4.79 Å². The van der Waals surface area contributed by atoms with E-state index in [-0.39, 0.29) is 0 Å². The van der Waals surface area contributed by atoms with Crippen LogP contribution in [0.5, 0.6) is 0 Å². The van der Waals surface area contributed by atoms with Gasteiger partial charge in [0.25, 0.3) is 0 Å². The van der Waals surface area contributed by atoms with Crippen LogP contribution in [0, 0.1) is 17.8 Å². The topological polar surface area (TPSA) is 20.3 Å². The van der Waals surface area contributed by atoms with Crippen LogP contribution in [0.4, 0.5) is 5.69 Å². The predicted octanol–water partition coefficient (Wildman–Crippen LogP) is 3.01. The van der Waals surface area contributed by atoms with E-state index in [1.807, 2.05) is 6.07 Å². The molecule has 1 aliphatic heterocycles. The van der Waals surface area contributed by atoms with Crippen molar-refractivity contribution in [2.24, 2.45) is 17.8 Å². The highest BCUT2D eigenvalue weighted by molar-refractivity contribution is 5.97. The molecule has 0 saturated heterocycles. The van der Waals surface area contributed by atoms with Gasteiger partial charge in [0.15, 0.2) is 0 Å². The van der Waals surface area contributed by atoms with Crippen LogP contribution in [-0.4, -0.2) is 12.5 Å². The number of hydrogen-bond donors (Lipinski definition) is 0. The molecule has 0 radical (unpaired) electrons. The Bertz CT molecular complexity index is 496. The summed E-state index contributed by atoms with van der Waals surface area (Å²) in [6.45, 7) is 0.895. The van der Waals surface area contributed by atoms with Gasteiger partial charge in [0.05, 0.1) is 0 Å². The Hall–Kier alpha value is -1.31. The summed E-state index contributed by atoms with van der Waals surface area (Å²) in [7, 11) is 0. The standard InChI is InChI=1S/C16H19NO/c18-16(14-10-11-5-6-13(14)9-11)17-8-7-12-3-1-2-4-15(12)17/h1-4,11,13-14H,5-10H2. The minimum absolute atomic E-state index is 0.329. The second kappa shape index (κ2) is 3.84. The molecule has 3 aliphatic rings. The van der Waals surface area contributed by atoms with Gasteiger partial charge in [-0.3, -0.25) is 4.79 Å². The molecule has 2 nitrogen and oxygen atoms in total. The Morgan fingerprint density at radius 3 is 2.83 bits per heavy atom. The van der Waals surface area contributed by atoms with Crippen LogP contribution < -0.4 is 4.90 Å². The van der Waals surface area contributed by atoms with Crippen molar-refractivity contribution in [2.45, 2.75) is 32.1 Å². The quantitative estimate of drug-likeness (QED) is 0.740. The van der Waals surface area contributed by atoms with E-state index >= 15 is 0 Å². The summed E-state index contributed by atoms with van der Waals surface area (Å²) in [6, 6.07) is 8.38. The van der Waals surface area contributed by atoms with E-state index in [1.165, 1.54) is 30.5 Å². The van der Waals surface area contributed by atoms with Crippen molar-refractivity contribution in [3.63, 3.8) is 0 Å². The molecule has 1 aromatic rings. The molecule has 0 N–H and O–H groups in total. The van der Waals surface area contributed by atoms with Crippen LogP contribution in [0.3, 0.4) is 0 Å². The highest BCUT2D eigenvalue weighted by atomic mass is 16.2. The molecule has 3 atom stereocenters. The molecule has 2 fully saturated rings. The number of rotatable bonds is 1. The molecule has 0 spiro atoms. The van der Waals surface area contributed by atoms with Crippen molar-refractivity contribution in [3.8, 4) is 0 Å². The van der Waals surface area contributed by atoms with Crippen LogP contribution in [0.2, 0.25) is 0 Å². The Labute approximate surface area is 108 Å². The molecular weight excluding hydrogens is 222 g/mol. The molecule has 1 heterocycles. The van der Waals surface area contributed by atoms with E-state index in [0.717, 1.165) is 25.3 Å². The first-order valence-electron chi connectivity index (χ1n) is 7.22. The lowest BCUT2D eigenvalue weighted by Gasteiger charge is -2.26. The summed E-state index contributed by atoms with van der Waals surface area (Å²) in [5.74, 6) is 2.28. The largest absolute Gasteiger partial charge is 0.312 e. The maximum absolute atomic E-state index is 12.7. The van der Waals surface area contributed by atoms with Gasteiger partial charge < -0.3 is 4.90 Å². The fraction of sp³-hybridized carbons (Fsp3) is 0.562. The number of para-hydroxylation sites is 1. The van der Waals surface area contributed by atoms with Gasteiger partial charge in [-0.2, -0.15) is 0 Å². The summed E-state index contributed by atoms with van der Waals surface area (Å²) < 4.78 is 0. The predicted molar refractivity (Wildman–Crippen MR) is 71.4 cm³/mol. The Morgan fingerprint density at radius 1 is 1.17 bits per heavy atom. The fourth-order valence-corrected chi connectivity index (χ4v) is 4.31. The highest BCUT2D eigenvalue weighted by Gasteiger charge is 2.45. The van der Waals surface area contributed by atoms with Crippen molar-refractivity contribution in [2.75, 3.05) is 11.4 Å². The molecule has 0 aromatic heterocycles. The molecule has 18 heavy (non-hydrogen) atoms. The monoisotopic (exact) mass is 241 g/mol. The molecule has 1 aromatic carbocycles. The minimum Gasteiger partial charge on any atom is -0.312 e. The lowest BCUT2D eigenvalue weighted by Crippen LogP contribution is -2.37.